The predicted octanol–water partition coefficient (Wildman–Crippen LogP) is 3.96. The number of halogens is 1. The molecule has 5 nitrogen and oxygen atoms in total. The van der Waals surface area contributed by atoms with Crippen molar-refractivity contribution in [1.29, 1.82) is 0 Å². The van der Waals surface area contributed by atoms with E-state index in [9.17, 15) is 13.2 Å². The second-order valence-corrected chi connectivity index (χ2v) is 9.45. The van der Waals surface area contributed by atoms with Gasteiger partial charge in [0.1, 0.15) is 6.04 Å². The Morgan fingerprint density at radius 1 is 1.03 bits per heavy atom. The molecule has 150 valence electrons. The first-order valence-corrected chi connectivity index (χ1v) is 11.3. The molecule has 1 aliphatic heterocycles. The lowest BCUT2D eigenvalue weighted by Gasteiger charge is -2.23. The molecule has 1 heterocycles. The summed E-state index contributed by atoms with van der Waals surface area (Å²) in [7, 11) is -3.75. The van der Waals surface area contributed by atoms with Gasteiger partial charge in [-0.15, -0.1) is 0 Å². The van der Waals surface area contributed by atoms with Crippen molar-refractivity contribution in [3.8, 4) is 0 Å². The molecule has 4 rings (SSSR count). The van der Waals surface area contributed by atoms with Crippen LogP contribution in [0.4, 0.5) is 0 Å². The number of amides is 1. The van der Waals surface area contributed by atoms with Gasteiger partial charge in [0.15, 0.2) is 0 Å². The molecule has 0 aliphatic carbocycles. The zero-order valence-electron chi connectivity index (χ0n) is 15.7. The molecule has 1 amide bonds. The van der Waals surface area contributed by atoms with Crippen LogP contribution in [-0.2, 0) is 21.4 Å². The fourth-order valence-electron chi connectivity index (χ4n) is 3.69. The van der Waals surface area contributed by atoms with Crippen LogP contribution in [0.15, 0.2) is 71.6 Å². The molecule has 0 aromatic heterocycles. The van der Waals surface area contributed by atoms with E-state index in [1.807, 2.05) is 42.5 Å². The molecule has 0 radical (unpaired) electrons. The lowest BCUT2D eigenvalue weighted by Crippen LogP contribution is -2.45. The Labute approximate surface area is 175 Å². The Morgan fingerprint density at radius 2 is 1.76 bits per heavy atom. The second-order valence-electron chi connectivity index (χ2n) is 7.13. The summed E-state index contributed by atoms with van der Waals surface area (Å²) in [5.41, 5.74) is 0.974. The first-order chi connectivity index (χ1) is 13.9. The monoisotopic (exact) mass is 428 g/mol. The Hall–Kier alpha value is -2.41. The molecular formula is C22H21ClN2O3S. The van der Waals surface area contributed by atoms with Crippen LogP contribution in [0.2, 0.25) is 5.02 Å². The van der Waals surface area contributed by atoms with Gasteiger partial charge in [0.2, 0.25) is 15.9 Å². The normalized spacial score (nSPS) is 17.5. The van der Waals surface area contributed by atoms with E-state index in [1.165, 1.54) is 16.4 Å². The highest BCUT2D eigenvalue weighted by molar-refractivity contribution is 7.89. The van der Waals surface area contributed by atoms with E-state index in [4.69, 9.17) is 11.6 Å². The number of carbonyl (C=O) groups is 1. The first kappa shape index (κ1) is 19.9. The van der Waals surface area contributed by atoms with Gasteiger partial charge in [-0.25, -0.2) is 8.42 Å². The van der Waals surface area contributed by atoms with Crippen molar-refractivity contribution in [3.63, 3.8) is 0 Å². The molecule has 1 unspecified atom stereocenters. The third-order valence-corrected chi connectivity index (χ3v) is 7.38. The Kier molecular flexibility index (Phi) is 5.58. The molecule has 1 fully saturated rings. The summed E-state index contributed by atoms with van der Waals surface area (Å²) in [4.78, 5) is 12.9. The zero-order chi connectivity index (χ0) is 20.4. The lowest BCUT2D eigenvalue weighted by molar-refractivity contribution is -0.124. The highest BCUT2D eigenvalue weighted by atomic mass is 35.5. The minimum Gasteiger partial charge on any atom is -0.351 e. The summed E-state index contributed by atoms with van der Waals surface area (Å²) in [6.07, 6.45) is 1.16. The number of nitrogens with zero attached hydrogens (tertiary/aromatic N) is 1. The molecule has 1 atom stereocenters. The quantitative estimate of drug-likeness (QED) is 0.668. The number of carbonyl (C=O) groups excluding carboxylic acids is 1. The van der Waals surface area contributed by atoms with Crippen LogP contribution in [0, 0.1) is 0 Å². The van der Waals surface area contributed by atoms with Crippen LogP contribution < -0.4 is 5.32 Å². The van der Waals surface area contributed by atoms with Crippen LogP contribution in [0.5, 0.6) is 0 Å². The molecule has 1 N–H and O–H groups in total. The van der Waals surface area contributed by atoms with Gasteiger partial charge in [-0.1, -0.05) is 48.0 Å². The smallest absolute Gasteiger partial charge is 0.243 e. The lowest BCUT2D eigenvalue weighted by atomic mass is 10.1. The van der Waals surface area contributed by atoms with Crippen LogP contribution in [0.3, 0.4) is 0 Å². The maximum absolute atomic E-state index is 13.0. The van der Waals surface area contributed by atoms with Crippen molar-refractivity contribution < 1.29 is 13.2 Å². The van der Waals surface area contributed by atoms with E-state index < -0.39 is 16.1 Å². The molecule has 1 aliphatic rings. The second kappa shape index (κ2) is 8.14. The number of sulfonamides is 1. The minimum atomic E-state index is -3.75. The van der Waals surface area contributed by atoms with Gasteiger partial charge in [0.05, 0.1) is 4.90 Å². The van der Waals surface area contributed by atoms with Crippen molar-refractivity contribution in [2.75, 3.05) is 6.54 Å². The summed E-state index contributed by atoms with van der Waals surface area (Å²) in [6.45, 7) is 0.689. The van der Waals surface area contributed by atoms with Gasteiger partial charge in [-0.3, -0.25) is 4.79 Å². The van der Waals surface area contributed by atoms with Gasteiger partial charge in [0, 0.05) is 18.1 Å². The van der Waals surface area contributed by atoms with Crippen molar-refractivity contribution in [1.82, 2.24) is 9.62 Å². The number of nitrogens with one attached hydrogen (secondary N) is 1. The maximum Gasteiger partial charge on any atom is 0.243 e. The van der Waals surface area contributed by atoms with Crippen LogP contribution in [0.1, 0.15) is 18.4 Å². The molecule has 0 saturated carbocycles. The Morgan fingerprint density at radius 3 is 2.52 bits per heavy atom. The fraction of sp³-hybridized carbons (Fsp3) is 0.227. The fourth-order valence-corrected chi connectivity index (χ4v) is 5.47. The molecule has 29 heavy (non-hydrogen) atoms. The molecule has 3 aromatic rings. The van der Waals surface area contributed by atoms with Crippen LogP contribution in [-0.4, -0.2) is 31.2 Å². The van der Waals surface area contributed by atoms with E-state index in [2.05, 4.69) is 5.32 Å². The molecule has 1 saturated heterocycles. The molecule has 7 heteroatoms. The Balaban J connectivity index is 1.47. The summed E-state index contributed by atoms with van der Waals surface area (Å²) in [5.74, 6) is -0.270. The number of fused-ring (bicyclic) bond motifs is 1. The maximum atomic E-state index is 13.0. The van der Waals surface area contributed by atoms with E-state index >= 15 is 0 Å². The van der Waals surface area contributed by atoms with Crippen LogP contribution >= 0.6 is 11.6 Å². The van der Waals surface area contributed by atoms with Crippen molar-refractivity contribution in [2.45, 2.75) is 30.3 Å². The average Bonchev–Trinajstić information content (AvgIpc) is 3.23. The first-order valence-electron chi connectivity index (χ1n) is 9.48. The van der Waals surface area contributed by atoms with Crippen LogP contribution in [0.25, 0.3) is 10.8 Å². The van der Waals surface area contributed by atoms with E-state index in [-0.39, 0.29) is 10.8 Å². The average molecular weight is 429 g/mol. The summed E-state index contributed by atoms with van der Waals surface area (Å²) >= 11 is 5.86. The van der Waals surface area contributed by atoms with Crippen molar-refractivity contribution in [3.05, 3.63) is 77.3 Å². The van der Waals surface area contributed by atoms with E-state index in [0.717, 1.165) is 16.3 Å². The highest BCUT2D eigenvalue weighted by Crippen LogP contribution is 2.27. The van der Waals surface area contributed by atoms with Crippen molar-refractivity contribution in [2.24, 2.45) is 0 Å². The molecule has 3 aromatic carbocycles. The number of hydrogen-bond donors (Lipinski definition) is 1. The largest absolute Gasteiger partial charge is 0.351 e. The summed E-state index contributed by atoms with van der Waals surface area (Å²) in [6, 6.07) is 19.4. The standard InChI is InChI=1S/C22H21ClN2O3S/c23-19-9-11-20(12-10-19)29(27,28)25-13-3-6-21(25)22(26)24-15-16-7-8-17-4-1-2-5-18(17)14-16/h1-2,4-5,7-12,14,21H,3,6,13,15H2,(H,24,26). The summed E-state index contributed by atoms with van der Waals surface area (Å²) < 4.78 is 27.3. The third-order valence-electron chi connectivity index (χ3n) is 5.21. The third kappa shape index (κ3) is 4.15. The van der Waals surface area contributed by atoms with E-state index in [0.29, 0.717) is 31.0 Å². The number of hydrogen-bond acceptors (Lipinski definition) is 3. The minimum absolute atomic E-state index is 0.149. The van der Waals surface area contributed by atoms with Gasteiger partial charge in [0.25, 0.3) is 0 Å². The topological polar surface area (TPSA) is 66.5 Å². The highest BCUT2D eigenvalue weighted by Gasteiger charge is 2.39. The molecule has 0 spiro atoms. The van der Waals surface area contributed by atoms with Gasteiger partial charge in [-0.2, -0.15) is 4.31 Å². The molecule has 0 bridgehead atoms. The predicted molar refractivity (Wildman–Crippen MR) is 114 cm³/mol. The van der Waals surface area contributed by atoms with Crippen molar-refractivity contribution >= 4 is 38.3 Å². The zero-order valence-corrected chi connectivity index (χ0v) is 17.3. The number of rotatable bonds is 5. The SMILES string of the molecule is O=C(NCc1ccc2ccccc2c1)C1CCCN1S(=O)(=O)c1ccc(Cl)cc1. The van der Waals surface area contributed by atoms with E-state index in [1.54, 1.807) is 12.1 Å². The number of benzene rings is 3. The van der Waals surface area contributed by atoms with Gasteiger partial charge < -0.3 is 5.32 Å². The Bertz CT molecular complexity index is 1150. The molecular weight excluding hydrogens is 408 g/mol. The van der Waals surface area contributed by atoms with Gasteiger partial charge >= 0.3 is 0 Å². The van der Waals surface area contributed by atoms with Gasteiger partial charge in [-0.05, 0) is 59.5 Å². The summed E-state index contributed by atoms with van der Waals surface area (Å²) in [5, 5.41) is 5.61.